The number of carbonyl (C=O) groups excluding carboxylic acids is 1. The molecule has 0 aliphatic heterocycles. The number of thiophene rings is 1. The van der Waals surface area contributed by atoms with Gasteiger partial charge < -0.3 is 9.32 Å². The van der Waals surface area contributed by atoms with E-state index in [0.29, 0.717) is 35.4 Å². The molecule has 0 spiro atoms. The number of imidazole rings is 1. The van der Waals surface area contributed by atoms with Gasteiger partial charge in [-0.15, -0.1) is 11.3 Å². The zero-order valence-corrected chi connectivity index (χ0v) is 17.3. The van der Waals surface area contributed by atoms with Crippen LogP contribution in [0.1, 0.15) is 21.1 Å². The molecule has 8 heteroatoms. The number of aromatic nitrogens is 2. The molecule has 3 heterocycles. The number of amides is 1. The van der Waals surface area contributed by atoms with Gasteiger partial charge in [-0.1, -0.05) is 17.8 Å². The number of benzene rings is 1. The third kappa shape index (κ3) is 4.28. The number of hydrogen-bond donors (Lipinski definition) is 0. The van der Waals surface area contributed by atoms with Crippen molar-refractivity contribution in [3.05, 3.63) is 88.5 Å². The molecule has 0 bridgehead atoms. The van der Waals surface area contributed by atoms with Gasteiger partial charge in [-0.3, -0.25) is 9.36 Å². The van der Waals surface area contributed by atoms with E-state index in [1.54, 1.807) is 51.5 Å². The summed E-state index contributed by atoms with van der Waals surface area (Å²) < 4.78 is 20.6. The largest absolute Gasteiger partial charge is 0.467 e. The first-order valence-corrected chi connectivity index (χ1v) is 11.0. The van der Waals surface area contributed by atoms with Crippen LogP contribution in [0.5, 0.6) is 0 Å². The molecular weight excluding hydrogens is 409 g/mol. The number of halogens is 1. The Labute approximate surface area is 175 Å². The van der Waals surface area contributed by atoms with Crippen LogP contribution in [0.15, 0.2) is 75.9 Å². The normalized spacial score (nSPS) is 11.0. The van der Waals surface area contributed by atoms with Crippen molar-refractivity contribution in [2.24, 2.45) is 0 Å². The van der Waals surface area contributed by atoms with Crippen LogP contribution in [0, 0.1) is 5.82 Å². The second-order valence-electron chi connectivity index (χ2n) is 6.26. The summed E-state index contributed by atoms with van der Waals surface area (Å²) in [5.41, 5.74) is 1.11. The lowest BCUT2D eigenvalue weighted by atomic mass is 10.2. The summed E-state index contributed by atoms with van der Waals surface area (Å²) in [6, 6.07) is 13.6. The van der Waals surface area contributed by atoms with E-state index in [9.17, 15) is 9.18 Å². The predicted molar refractivity (Wildman–Crippen MR) is 112 cm³/mol. The first kappa shape index (κ1) is 19.5. The lowest BCUT2D eigenvalue weighted by molar-refractivity contribution is 0.0710. The number of hydrogen-bond acceptors (Lipinski definition) is 5. The molecule has 1 aromatic carbocycles. The van der Waals surface area contributed by atoms with Crippen LogP contribution in [-0.2, 0) is 13.1 Å². The summed E-state index contributed by atoms with van der Waals surface area (Å²) in [4.78, 5) is 20.7. The molecule has 0 saturated carbocycles. The summed E-state index contributed by atoms with van der Waals surface area (Å²) in [5.74, 6) is 0.198. The van der Waals surface area contributed by atoms with Gasteiger partial charge in [0.2, 0.25) is 0 Å². The third-order valence-corrected chi connectivity index (χ3v) is 5.87. The van der Waals surface area contributed by atoms with Crippen molar-refractivity contribution in [2.75, 3.05) is 6.26 Å². The Hall–Kier alpha value is -2.84. The average molecular weight is 428 g/mol. The molecule has 0 aliphatic rings. The van der Waals surface area contributed by atoms with Crippen LogP contribution in [0.25, 0.3) is 5.69 Å². The van der Waals surface area contributed by atoms with Crippen molar-refractivity contribution < 1.29 is 13.6 Å². The summed E-state index contributed by atoms with van der Waals surface area (Å²) in [7, 11) is 0. The van der Waals surface area contributed by atoms with Gasteiger partial charge in [0, 0.05) is 10.6 Å². The first-order valence-electron chi connectivity index (χ1n) is 8.87. The van der Waals surface area contributed by atoms with Crippen LogP contribution in [-0.4, -0.2) is 26.6 Å². The van der Waals surface area contributed by atoms with E-state index in [-0.39, 0.29) is 11.7 Å². The van der Waals surface area contributed by atoms with Crippen LogP contribution >= 0.6 is 23.1 Å². The molecule has 4 rings (SSSR count). The number of thioether (sulfide) groups is 1. The van der Waals surface area contributed by atoms with E-state index < -0.39 is 0 Å². The van der Waals surface area contributed by atoms with Crippen molar-refractivity contribution in [1.82, 2.24) is 14.5 Å². The van der Waals surface area contributed by atoms with Gasteiger partial charge in [0.05, 0.1) is 25.5 Å². The predicted octanol–water partition coefficient (Wildman–Crippen LogP) is 5.23. The van der Waals surface area contributed by atoms with E-state index in [4.69, 9.17) is 4.42 Å². The molecule has 148 valence electrons. The number of carbonyl (C=O) groups is 1. The highest BCUT2D eigenvalue weighted by molar-refractivity contribution is 7.98. The fraction of sp³-hybridized carbons (Fsp3) is 0.143. The van der Waals surface area contributed by atoms with Gasteiger partial charge in [0.1, 0.15) is 17.3 Å². The summed E-state index contributed by atoms with van der Waals surface area (Å²) in [6.07, 6.45) is 5.06. The highest BCUT2D eigenvalue weighted by atomic mass is 32.2. The molecule has 0 radical (unpaired) electrons. The average Bonchev–Trinajstić information content (AvgIpc) is 3.49. The minimum absolute atomic E-state index is 0.174. The van der Waals surface area contributed by atoms with Crippen LogP contribution in [0.3, 0.4) is 0 Å². The zero-order chi connectivity index (χ0) is 20.2. The van der Waals surface area contributed by atoms with Crippen LogP contribution in [0.2, 0.25) is 0 Å². The van der Waals surface area contributed by atoms with Gasteiger partial charge in [-0.25, -0.2) is 9.37 Å². The second-order valence-corrected chi connectivity index (χ2v) is 8.07. The Morgan fingerprint density at radius 2 is 2.03 bits per heavy atom. The minimum Gasteiger partial charge on any atom is -0.467 e. The van der Waals surface area contributed by atoms with Crippen LogP contribution < -0.4 is 0 Å². The highest BCUT2D eigenvalue weighted by Crippen LogP contribution is 2.25. The summed E-state index contributed by atoms with van der Waals surface area (Å²) in [5, 5.41) is 2.65. The van der Waals surface area contributed by atoms with Gasteiger partial charge in [-0.05, 0) is 54.1 Å². The van der Waals surface area contributed by atoms with E-state index in [1.165, 1.54) is 23.9 Å². The molecule has 4 aromatic rings. The third-order valence-electron chi connectivity index (χ3n) is 4.36. The SMILES string of the molecule is CSc1ncc(C(=O)N(Cc2ccco2)Cc2cccs2)n1-c1ccc(F)cc1. The monoisotopic (exact) mass is 427 g/mol. The molecule has 0 atom stereocenters. The quantitative estimate of drug-likeness (QED) is 0.379. The van der Waals surface area contributed by atoms with Crippen molar-refractivity contribution in [2.45, 2.75) is 18.2 Å². The Morgan fingerprint density at radius 1 is 1.21 bits per heavy atom. The van der Waals surface area contributed by atoms with E-state index in [2.05, 4.69) is 4.98 Å². The van der Waals surface area contributed by atoms with E-state index >= 15 is 0 Å². The maximum absolute atomic E-state index is 13.5. The molecule has 29 heavy (non-hydrogen) atoms. The molecular formula is C21H18FN3O2S2. The van der Waals surface area contributed by atoms with Gasteiger partial charge in [0.25, 0.3) is 5.91 Å². The smallest absolute Gasteiger partial charge is 0.273 e. The minimum atomic E-state index is -0.329. The van der Waals surface area contributed by atoms with Crippen molar-refractivity contribution >= 4 is 29.0 Å². The second kappa shape index (κ2) is 8.67. The lowest BCUT2D eigenvalue weighted by Gasteiger charge is -2.22. The lowest BCUT2D eigenvalue weighted by Crippen LogP contribution is -2.31. The zero-order valence-electron chi connectivity index (χ0n) is 15.6. The standard InChI is InChI=1S/C21H18FN3O2S2/c1-28-21-23-12-19(25(21)16-8-6-15(22)7-9-16)20(26)24(13-17-4-2-10-27-17)14-18-5-3-11-29-18/h2-12H,13-14H2,1H3. The fourth-order valence-corrected chi connectivity index (χ4v) is 4.28. The Kier molecular flexibility index (Phi) is 5.82. The number of rotatable bonds is 7. The molecule has 5 nitrogen and oxygen atoms in total. The van der Waals surface area contributed by atoms with Gasteiger partial charge in [-0.2, -0.15) is 0 Å². The van der Waals surface area contributed by atoms with E-state index in [1.807, 2.05) is 29.8 Å². The molecule has 0 unspecified atom stereocenters. The van der Waals surface area contributed by atoms with Gasteiger partial charge >= 0.3 is 0 Å². The number of furan rings is 1. The molecule has 3 aromatic heterocycles. The Morgan fingerprint density at radius 3 is 2.69 bits per heavy atom. The molecule has 0 saturated heterocycles. The molecule has 0 aliphatic carbocycles. The Balaban J connectivity index is 1.71. The van der Waals surface area contributed by atoms with Crippen molar-refractivity contribution in [1.29, 1.82) is 0 Å². The summed E-state index contributed by atoms with van der Waals surface area (Å²) in [6.45, 7) is 0.799. The Bertz CT molecular complexity index is 1040. The highest BCUT2D eigenvalue weighted by Gasteiger charge is 2.24. The first-order chi connectivity index (χ1) is 14.2. The van der Waals surface area contributed by atoms with Gasteiger partial charge in [0.15, 0.2) is 5.16 Å². The molecule has 0 N–H and O–H groups in total. The van der Waals surface area contributed by atoms with Crippen molar-refractivity contribution in [3.8, 4) is 5.69 Å². The molecule has 0 fully saturated rings. The summed E-state index contributed by atoms with van der Waals surface area (Å²) >= 11 is 3.02. The molecule has 1 amide bonds. The maximum atomic E-state index is 13.5. The maximum Gasteiger partial charge on any atom is 0.273 e. The topological polar surface area (TPSA) is 51.3 Å². The fourth-order valence-electron chi connectivity index (χ4n) is 3.01. The number of nitrogens with zero attached hydrogens (tertiary/aromatic N) is 3. The van der Waals surface area contributed by atoms with Crippen LogP contribution in [0.4, 0.5) is 4.39 Å². The van der Waals surface area contributed by atoms with E-state index in [0.717, 1.165) is 4.88 Å². The van der Waals surface area contributed by atoms with Crippen molar-refractivity contribution in [3.63, 3.8) is 0 Å².